The molecule has 2 N–H and O–H groups in total. The highest BCUT2D eigenvalue weighted by Gasteiger charge is 2.30. The van der Waals surface area contributed by atoms with Crippen LogP contribution in [0.5, 0.6) is 0 Å². The number of amides is 1. The molecule has 142 valence electrons. The van der Waals surface area contributed by atoms with Crippen molar-refractivity contribution in [2.75, 3.05) is 5.32 Å². The maximum absolute atomic E-state index is 12.9. The molecule has 0 fully saturated rings. The molecule has 0 saturated heterocycles. The molecule has 0 saturated carbocycles. The standard InChI is InChI=1S/C21H18BrN3O2S/c1-12-4-2-3-5-14(12)11-28-21-24-19-18(20(27)25-21)16(10-17(26)23-19)13-6-8-15(22)9-7-13/h2-9,16H,10-11H2,1H3,(H2,23,24,25,26,27). The van der Waals surface area contributed by atoms with Gasteiger partial charge in [-0.2, -0.15) is 0 Å². The van der Waals surface area contributed by atoms with E-state index in [0.29, 0.717) is 22.3 Å². The van der Waals surface area contributed by atoms with E-state index in [2.05, 4.69) is 50.3 Å². The predicted octanol–water partition coefficient (Wildman–Crippen LogP) is 4.61. The lowest BCUT2D eigenvalue weighted by Gasteiger charge is -2.24. The molecule has 0 spiro atoms. The zero-order valence-electron chi connectivity index (χ0n) is 15.2. The first-order chi connectivity index (χ1) is 13.5. The lowest BCUT2D eigenvalue weighted by Crippen LogP contribution is -2.31. The summed E-state index contributed by atoms with van der Waals surface area (Å²) < 4.78 is 0.951. The molecule has 5 nitrogen and oxygen atoms in total. The van der Waals surface area contributed by atoms with Crippen molar-refractivity contribution in [1.82, 2.24) is 9.97 Å². The first-order valence-corrected chi connectivity index (χ1v) is 10.7. The van der Waals surface area contributed by atoms with E-state index in [9.17, 15) is 9.59 Å². The summed E-state index contributed by atoms with van der Waals surface area (Å²) in [6.45, 7) is 2.06. The fourth-order valence-corrected chi connectivity index (χ4v) is 4.52. The Morgan fingerprint density at radius 1 is 1.14 bits per heavy atom. The second-order valence-corrected chi connectivity index (χ2v) is 8.58. The number of anilines is 1. The smallest absolute Gasteiger partial charge is 0.257 e. The number of aromatic amines is 1. The summed E-state index contributed by atoms with van der Waals surface area (Å²) in [5, 5.41) is 3.27. The van der Waals surface area contributed by atoms with Crippen molar-refractivity contribution in [2.24, 2.45) is 0 Å². The lowest BCUT2D eigenvalue weighted by atomic mass is 9.87. The Labute approximate surface area is 175 Å². The third-order valence-corrected chi connectivity index (χ3v) is 6.28. The molecule has 4 rings (SSSR count). The van der Waals surface area contributed by atoms with Gasteiger partial charge in [0, 0.05) is 22.6 Å². The van der Waals surface area contributed by atoms with Gasteiger partial charge in [-0.05, 0) is 35.7 Å². The van der Waals surface area contributed by atoms with E-state index in [1.165, 1.54) is 22.9 Å². The molecule has 2 aromatic carbocycles. The van der Waals surface area contributed by atoms with E-state index < -0.39 is 0 Å². The summed E-state index contributed by atoms with van der Waals surface area (Å²) in [5.74, 6) is 0.621. The second kappa shape index (κ2) is 7.93. The Morgan fingerprint density at radius 3 is 2.64 bits per heavy atom. The van der Waals surface area contributed by atoms with Crippen LogP contribution in [-0.2, 0) is 10.5 Å². The highest BCUT2D eigenvalue weighted by molar-refractivity contribution is 9.10. The van der Waals surface area contributed by atoms with E-state index in [1.54, 1.807) is 0 Å². The molecule has 1 aliphatic heterocycles. The van der Waals surface area contributed by atoms with Gasteiger partial charge in [-0.1, -0.05) is 64.1 Å². The van der Waals surface area contributed by atoms with Crippen LogP contribution in [0, 0.1) is 6.92 Å². The van der Waals surface area contributed by atoms with Crippen LogP contribution in [0.1, 0.15) is 34.6 Å². The first-order valence-electron chi connectivity index (χ1n) is 8.88. The zero-order valence-corrected chi connectivity index (χ0v) is 17.6. The normalized spacial score (nSPS) is 15.8. The number of halogens is 1. The van der Waals surface area contributed by atoms with Gasteiger partial charge in [-0.25, -0.2) is 4.98 Å². The summed E-state index contributed by atoms with van der Waals surface area (Å²) in [6.07, 6.45) is 0.231. The number of nitrogens with zero attached hydrogens (tertiary/aromatic N) is 1. The number of benzene rings is 2. The van der Waals surface area contributed by atoms with Gasteiger partial charge in [0.25, 0.3) is 5.56 Å². The van der Waals surface area contributed by atoms with Crippen LogP contribution in [0.4, 0.5) is 5.82 Å². The molecular weight excluding hydrogens is 438 g/mol. The molecule has 28 heavy (non-hydrogen) atoms. The summed E-state index contributed by atoms with van der Waals surface area (Å²) in [7, 11) is 0. The number of hydrogen-bond donors (Lipinski definition) is 2. The number of fused-ring (bicyclic) bond motifs is 1. The topological polar surface area (TPSA) is 74.8 Å². The molecule has 1 amide bonds. The molecule has 0 aliphatic carbocycles. The Hall–Kier alpha value is -2.38. The van der Waals surface area contributed by atoms with E-state index in [4.69, 9.17) is 0 Å². The maximum Gasteiger partial charge on any atom is 0.257 e. The Morgan fingerprint density at radius 2 is 1.89 bits per heavy atom. The summed E-state index contributed by atoms with van der Waals surface area (Å²) in [4.78, 5) is 32.5. The van der Waals surface area contributed by atoms with Gasteiger partial charge in [0.15, 0.2) is 5.16 Å². The Balaban J connectivity index is 1.66. The van der Waals surface area contributed by atoms with Crippen molar-refractivity contribution in [3.8, 4) is 0 Å². The third kappa shape index (κ3) is 3.91. The molecule has 0 bridgehead atoms. The molecular formula is C21H18BrN3O2S. The zero-order chi connectivity index (χ0) is 19.7. The number of carbonyl (C=O) groups is 1. The van der Waals surface area contributed by atoms with E-state index in [-0.39, 0.29) is 23.8 Å². The molecule has 1 atom stereocenters. The fraction of sp³-hybridized carbons (Fsp3) is 0.190. The van der Waals surface area contributed by atoms with Gasteiger partial charge in [-0.3, -0.25) is 9.59 Å². The SMILES string of the molecule is Cc1ccccc1CSc1nc2c(c(=O)[nH]1)C(c1ccc(Br)cc1)CC(=O)N2. The molecule has 2 heterocycles. The number of aryl methyl sites for hydroxylation is 1. The van der Waals surface area contributed by atoms with Crippen molar-refractivity contribution in [3.05, 3.63) is 85.6 Å². The molecule has 1 unspecified atom stereocenters. The number of H-pyrrole nitrogens is 1. The second-order valence-electron chi connectivity index (χ2n) is 6.70. The van der Waals surface area contributed by atoms with Crippen LogP contribution in [0.3, 0.4) is 0 Å². The molecule has 0 radical (unpaired) electrons. The predicted molar refractivity (Wildman–Crippen MR) is 115 cm³/mol. The van der Waals surface area contributed by atoms with Gasteiger partial charge in [-0.15, -0.1) is 0 Å². The van der Waals surface area contributed by atoms with Crippen LogP contribution < -0.4 is 10.9 Å². The van der Waals surface area contributed by atoms with E-state index in [0.717, 1.165) is 10.0 Å². The van der Waals surface area contributed by atoms with Crippen molar-refractivity contribution in [3.63, 3.8) is 0 Å². The minimum Gasteiger partial charge on any atom is -0.310 e. The maximum atomic E-state index is 12.9. The number of nitrogens with one attached hydrogen (secondary N) is 2. The number of rotatable bonds is 4. The van der Waals surface area contributed by atoms with Crippen LogP contribution in [0.15, 0.2) is 63.0 Å². The number of hydrogen-bond acceptors (Lipinski definition) is 4. The van der Waals surface area contributed by atoms with Crippen molar-refractivity contribution in [1.29, 1.82) is 0 Å². The molecule has 1 aliphatic rings. The van der Waals surface area contributed by atoms with E-state index >= 15 is 0 Å². The van der Waals surface area contributed by atoms with Crippen LogP contribution in [0.2, 0.25) is 0 Å². The largest absolute Gasteiger partial charge is 0.310 e. The summed E-state index contributed by atoms with van der Waals surface area (Å²) in [5.41, 5.74) is 3.61. The van der Waals surface area contributed by atoms with Gasteiger partial charge in [0.2, 0.25) is 5.91 Å². The lowest BCUT2D eigenvalue weighted by molar-refractivity contribution is -0.116. The highest BCUT2D eigenvalue weighted by atomic mass is 79.9. The van der Waals surface area contributed by atoms with Gasteiger partial charge < -0.3 is 10.3 Å². The minimum absolute atomic E-state index is 0.131. The van der Waals surface area contributed by atoms with Gasteiger partial charge >= 0.3 is 0 Å². The van der Waals surface area contributed by atoms with Gasteiger partial charge in [0.05, 0.1) is 5.56 Å². The van der Waals surface area contributed by atoms with Crippen molar-refractivity contribution >= 4 is 39.4 Å². The average molecular weight is 456 g/mol. The Bertz CT molecular complexity index is 1100. The van der Waals surface area contributed by atoms with E-state index in [1.807, 2.05) is 36.4 Å². The highest BCUT2D eigenvalue weighted by Crippen LogP contribution is 2.35. The average Bonchev–Trinajstić information content (AvgIpc) is 2.67. The molecule has 1 aromatic heterocycles. The summed E-state index contributed by atoms with van der Waals surface area (Å²) in [6, 6.07) is 15.8. The fourth-order valence-electron chi connectivity index (χ4n) is 3.32. The number of aromatic nitrogens is 2. The van der Waals surface area contributed by atoms with Crippen molar-refractivity contribution < 1.29 is 4.79 Å². The molecule has 7 heteroatoms. The summed E-state index contributed by atoms with van der Waals surface area (Å²) >= 11 is 4.87. The quantitative estimate of drug-likeness (QED) is 0.444. The third-order valence-electron chi connectivity index (χ3n) is 4.83. The van der Waals surface area contributed by atoms with Gasteiger partial charge in [0.1, 0.15) is 5.82 Å². The first kappa shape index (κ1) is 19.0. The number of thioether (sulfide) groups is 1. The van der Waals surface area contributed by atoms with Crippen LogP contribution >= 0.6 is 27.7 Å². The molecule has 3 aromatic rings. The number of carbonyl (C=O) groups excluding carboxylic acids is 1. The van der Waals surface area contributed by atoms with Crippen molar-refractivity contribution in [2.45, 2.75) is 30.2 Å². The Kier molecular flexibility index (Phi) is 5.37. The monoisotopic (exact) mass is 455 g/mol. The minimum atomic E-state index is -0.302. The van der Waals surface area contributed by atoms with Crippen LogP contribution in [-0.4, -0.2) is 15.9 Å². The van der Waals surface area contributed by atoms with Crippen LogP contribution in [0.25, 0.3) is 0 Å².